The van der Waals surface area contributed by atoms with Crippen LogP contribution in [0.5, 0.6) is 0 Å². The zero-order chi connectivity index (χ0) is 23.8. The molecule has 0 radical (unpaired) electrons. The van der Waals surface area contributed by atoms with E-state index in [1.54, 1.807) is 71.8 Å². The quantitative estimate of drug-likeness (QED) is 0.432. The number of hydrogen-bond acceptors (Lipinski definition) is 5. The highest BCUT2D eigenvalue weighted by atomic mass is 35.5. The number of urea groups is 1. The Bertz CT molecular complexity index is 1100. The summed E-state index contributed by atoms with van der Waals surface area (Å²) in [5, 5.41) is 6.17. The van der Waals surface area contributed by atoms with Crippen LogP contribution in [0.15, 0.2) is 66.9 Å². The van der Waals surface area contributed by atoms with Crippen LogP contribution in [0.3, 0.4) is 0 Å². The number of nitrogens with two attached hydrogens (primary N) is 1. The van der Waals surface area contributed by atoms with Gasteiger partial charge >= 0.3 is 6.03 Å². The lowest BCUT2D eigenvalue weighted by atomic mass is 10.2. The van der Waals surface area contributed by atoms with Crippen molar-refractivity contribution in [1.82, 2.24) is 14.8 Å². The average molecular weight is 467 g/mol. The predicted molar refractivity (Wildman–Crippen MR) is 132 cm³/mol. The molecular formula is C24H27ClN6O2. The Balaban J connectivity index is 1.68. The molecule has 0 aliphatic heterocycles. The summed E-state index contributed by atoms with van der Waals surface area (Å²) in [6, 6.07) is 17.2. The molecule has 0 spiro atoms. The number of amides is 3. The summed E-state index contributed by atoms with van der Waals surface area (Å²) in [6.07, 6.45) is 1.60. The second-order valence-corrected chi connectivity index (χ2v) is 8.19. The maximum absolute atomic E-state index is 12.9. The molecule has 1 aromatic heterocycles. The van der Waals surface area contributed by atoms with E-state index in [1.807, 2.05) is 19.0 Å². The van der Waals surface area contributed by atoms with Gasteiger partial charge in [0, 0.05) is 36.5 Å². The van der Waals surface area contributed by atoms with Gasteiger partial charge in [0.15, 0.2) is 0 Å². The highest BCUT2D eigenvalue weighted by molar-refractivity contribution is 6.30. The lowest BCUT2D eigenvalue weighted by molar-refractivity contribution is 0.102. The van der Waals surface area contributed by atoms with E-state index in [0.29, 0.717) is 41.7 Å². The molecule has 0 unspecified atom stereocenters. The van der Waals surface area contributed by atoms with Gasteiger partial charge in [-0.05, 0) is 56.1 Å². The SMILES string of the molecule is CN(C)CCN(Cc1ccc(C(=O)Nc2ccccc2N)nc1)C(=O)Nc1cccc(Cl)c1. The number of aromatic nitrogens is 1. The standard InChI is InChI=1S/C24H27ClN6O2/c1-30(2)12-13-31(24(33)28-19-7-5-6-18(25)14-19)16-17-10-11-22(27-15-17)23(32)29-21-9-4-3-8-20(21)26/h3-11,14-15H,12-13,16,26H2,1-2H3,(H,28,33)(H,29,32). The minimum Gasteiger partial charge on any atom is -0.397 e. The maximum atomic E-state index is 12.9. The summed E-state index contributed by atoms with van der Waals surface area (Å²) in [4.78, 5) is 33.4. The number of halogens is 1. The number of nitrogens with zero attached hydrogens (tertiary/aromatic N) is 3. The van der Waals surface area contributed by atoms with E-state index in [4.69, 9.17) is 17.3 Å². The van der Waals surface area contributed by atoms with Crippen LogP contribution >= 0.6 is 11.6 Å². The minimum atomic E-state index is -0.359. The lowest BCUT2D eigenvalue weighted by Gasteiger charge is -2.25. The Labute approximate surface area is 198 Å². The second kappa shape index (κ2) is 11.3. The molecule has 3 amide bonds. The molecule has 8 nitrogen and oxygen atoms in total. The number of rotatable bonds is 8. The third-order valence-electron chi connectivity index (χ3n) is 4.82. The molecule has 0 fully saturated rings. The second-order valence-electron chi connectivity index (χ2n) is 7.76. The third kappa shape index (κ3) is 7.20. The third-order valence-corrected chi connectivity index (χ3v) is 5.06. The van der Waals surface area contributed by atoms with Crippen molar-refractivity contribution in [2.75, 3.05) is 43.6 Å². The van der Waals surface area contributed by atoms with Gasteiger partial charge in [-0.15, -0.1) is 0 Å². The first-order valence-electron chi connectivity index (χ1n) is 10.4. The van der Waals surface area contributed by atoms with Gasteiger partial charge in [-0.2, -0.15) is 0 Å². The smallest absolute Gasteiger partial charge is 0.322 e. The largest absolute Gasteiger partial charge is 0.397 e. The fraction of sp³-hybridized carbons (Fsp3) is 0.208. The van der Waals surface area contributed by atoms with Gasteiger partial charge in [0.25, 0.3) is 5.91 Å². The number of pyridine rings is 1. The molecule has 0 aliphatic rings. The fourth-order valence-corrected chi connectivity index (χ4v) is 3.20. The molecule has 3 rings (SSSR count). The Kier molecular flexibility index (Phi) is 8.23. The molecule has 172 valence electrons. The van der Waals surface area contributed by atoms with Crippen LogP contribution in [0.4, 0.5) is 21.9 Å². The molecule has 9 heteroatoms. The van der Waals surface area contributed by atoms with Crippen molar-refractivity contribution < 1.29 is 9.59 Å². The van der Waals surface area contributed by atoms with Crippen LogP contribution < -0.4 is 16.4 Å². The number of nitrogen functional groups attached to an aromatic ring is 1. The van der Waals surface area contributed by atoms with Gasteiger partial charge in [0.1, 0.15) is 5.69 Å². The van der Waals surface area contributed by atoms with E-state index in [1.165, 1.54) is 0 Å². The first-order chi connectivity index (χ1) is 15.8. The Morgan fingerprint density at radius 2 is 1.79 bits per heavy atom. The van der Waals surface area contributed by atoms with Crippen LogP contribution in [0.25, 0.3) is 0 Å². The van der Waals surface area contributed by atoms with Crippen molar-refractivity contribution in [3.63, 3.8) is 0 Å². The number of likely N-dealkylation sites (N-methyl/N-ethyl adjacent to an activating group) is 1. The van der Waals surface area contributed by atoms with E-state index in [0.717, 1.165) is 5.56 Å². The summed E-state index contributed by atoms with van der Waals surface area (Å²) < 4.78 is 0. The number of nitrogens with one attached hydrogen (secondary N) is 2. The zero-order valence-electron chi connectivity index (χ0n) is 18.6. The lowest BCUT2D eigenvalue weighted by Crippen LogP contribution is -2.39. The van der Waals surface area contributed by atoms with E-state index in [9.17, 15) is 9.59 Å². The van der Waals surface area contributed by atoms with Crippen molar-refractivity contribution >= 4 is 40.6 Å². The molecule has 4 N–H and O–H groups in total. The summed E-state index contributed by atoms with van der Waals surface area (Å²) in [5.41, 5.74) is 8.55. The predicted octanol–water partition coefficient (Wildman–Crippen LogP) is 4.17. The van der Waals surface area contributed by atoms with Crippen LogP contribution in [0.2, 0.25) is 5.02 Å². The Morgan fingerprint density at radius 3 is 2.45 bits per heavy atom. The summed E-state index contributed by atoms with van der Waals surface area (Å²) in [6.45, 7) is 1.53. The van der Waals surface area contributed by atoms with Gasteiger partial charge in [-0.25, -0.2) is 4.79 Å². The molecule has 0 aliphatic carbocycles. The van der Waals surface area contributed by atoms with E-state index in [2.05, 4.69) is 15.6 Å². The molecule has 2 aromatic carbocycles. The van der Waals surface area contributed by atoms with Gasteiger partial charge in [-0.1, -0.05) is 35.9 Å². The first kappa shape index (κ1) is 24.0. The average Bonchev–Trinajstić information content (AvgIpc) is 2.78. The van der Waals surface area contributed by atoms with E-state index in [-0.39, 0.29) is 17.6 Å². The minimum absolute atomic E-state index is 0.250. The molecule has 33 heavy (non-hydrogen) atoms. The number of hydrogen-bond donors (Lipinski definition) is 3. The molecule has 1 heterocycles. The monoisotopic (exact) mass is 466 g/mol. The van der Waals surface area contributed by atoms with Crippen molar-refractivity contribution in [2.45, 2.75) is 6.54 Å². The first-order valence-corrected chi connectivity index (χ1v) is 10.8. The van der Waals surface area contributed by atoms with Crippen LogP contribution in [-0.4, -0.2) is 53.9 Å². The van der Waals surface area contributed by atoms with Gasteiger partial charge in [0.05, 0.1) is 11.4 Å². The highest BCUT2D eigenvalue weighted by Crippen LogP contribution is 2.18. The fourth-order valence-electron chi connectivity index (χ4n) is 3.01. The van der Waals surface area contributed by atoms with E-state index >= 15 is 0 Å². The number of carbonyl (C=O) groups excluding carboxylic acids is 2. The number of benzene rings is 2. The molecule has 0 saturated heterocycles. The van der Waals surface area contributed by atoms with Crippen molar-refractivity contribution in [3.05, 3.63) is 83.1 Å². The molecule has 0 atom stereocenters. The number of carbonyl (C=O) groups is 2. The Morgan fingerprint density at radius 1 is 1.00 bits per heavy atom. The summed E-state index contributed by atoms with van der Waals surface area (Å²) in [7, 11) is 3.89. The van der Waals surface area contributed by atoms with Crippen molar-refractivity contribution in [1.29, 1.82) is 0 Å². The summed E-state index contributed by atoms with van der Waals surface area (Å²) >= 11 is 6.02. The van der Waals surface area contributed by atoms with Crippen molar-refractivity contribution in [3.8, 4) is 0 Å². The number of anilines is 3. The Hall–Kier alpha value is -3.62. The summed E-state index contributed by atoms with van der Waals surface area (Å²) in [5.74, 6) is -0.359. The van der Waals surface area contributed by atoms with E-state index < -0.39 is 0 Å². The maximum Gasteiger partial charge on any atom is 0.322 e. The number of para-hydroxylation sites is 2. The molecule has 0 saturated carbocycles. The molecular weight excluding hydrogens is 440 g/mol. The van der Waals surface area contributed by atoms with Crippen LogP contribution in [0, 0.1) is 0 Å². The topological polar surface area (TPSA) is 104 Å². The van der Waals surface area contributed by atoms with Crippen LogP contribution in [-0.2, 0) is 6.54 Å². The van der Waals surface area contributed by atoms with Gasteiger partial charge in [-0.3, -0.25) is 9.78 Å². The highest BCUT2D eigenvalue weighted by Gasteiger charge is 2.16. The zero-order valence-corrected chi connectivity index (χ0v) is 19.3. The van der Waals surface area contributed by atoms with Gasteiger partial charge in [0.2, 0.25) is 0 Å². The van der Waals surface area contributed by atoms with Crippen LogP contribution in [0.1, 0.15) is 16.1 Å². The molecule has 3 aromatic rings. The van der Waals surface area contributed by atoms with Crippen molar-refractivity contribution in [2.24, 2.45) is 0 Å². The molecule has 0 bridgehead atoms. The normalized spacial score (nSPS) is 10.7. The van der Waals surface area contributed by atoms with Gasteiger partial charge < -0.3 is 26.2 Å².